The standard InChI is InChI=1S/C20H26N4O2S/c1-3-15-18(21-20-24(19(15)25)13-14-27-20)23-11-9-22(10-12-23)16-7-5-6-8-17(16)26-4-2/h5-8H,3-4,9-14H2,1-2H3. The Kier molecular flexibility index (Phi) is 5.29. The van der Waals surface area contributed by atoms with Gasteiger partial charge in [0.25, 0.3) is 5.56 Å². The summed E-state index contributed by atoms with van der Waals surface area (Å²) in [6.45, 7) is 8.99. The van der Waals surface area contributed by atoms with Gasteiger partial charge in [-0.2, -0.15) is 0 Å². The predicted molar refractivity (Wildman–Crippen MR) is 111 cm³/mol. The van der Waals surface area contributed by atoms with Crippen LogP contribution in [0.2, 0.25) is 0 Å². The van der Waals surface area contributed by atoms with Crippen molar-refractivity contribution in [2.45, 2.75) is 32.0 Å². The lowest BCUT2D eigenvalue weighted by Crippen LogP contribution is -2.48. The van der Waals surface area contributed by atoms with Crippen LogP contribution in [0, 0.1) is 0 Å². The second-order valence-corrected chi connectivity index (χ2v) is 7.79. The molecule has 1 aromatic heterocycles. The van der Waals surface area contributed by atoms with Crippen molar-refractivity contribution in [2.75, 3.05) is 48.3 Å². The second kappa shape index (κ2) is 7.84. The highest BCUT2D eigenvalue weighted by molar-refractivity contribution is 7.99. The molecule has 0 amide bonds. The molecule has 0 spiro atoms. The molecule has 0 atom stereocenters. The Bertz CT molecular complexity index is 875. The molecule has 3 heterocycles. The number of anilines is 2. The second-order valence-electron chi connectivity index (χ2n) is 6.73. The molecule has 6 nitrogen and oxygen atoms in total. The number of benzene rings is 1. The number of para-hydroxylation sites is 2. The van der Waals surface area contributed by atoms with Gasteiger partial charge in [-0.1, -0.05) is 30.8 Å². The normalized spacial score (nSPS) is 16.5. The maximum atomic E-state index is 12.8. The molecular formula is C20H26N4O2S. The van der Waals surface area contributed by atoms with E-state index in [1.54, 1.807) is 11.8 Å². The number of nitrogens with zero attached hydrogens (tertiary/aromatic N) is 4. The fraction of sp³-hybridized carbons (Fsp3) is 0.500. The number of rotatable bonds is 5. The zero-order chi connectivity index (χ0) is 18.8. The number of hydrogen-bond acceptors (Lipinski definition) is 6. The van der Waals surface area contributed by atoms with E-state index in [-0.39, 0.29) is 5.56 Å². The Balaban J connectivity index is 1.55. The lowest BCUT2D eigenvalue weighted by Gasteiger charge is -2.38. The van der Waals surface area contributed by atoms with Gasteiger partial charge in [-0.05, 0) is 25.5 Å². The monoisotopic (exact) mass is 386 g/mol. The lowest BCUT2D eigenvalue weighted by atomic mass is 10.2. The number of fused-ring (bicyclic) bond motifs is 1. The van der Waals surface area contributed by atoms with Crippen molar-refractivity contribution in [1.82, 2.24) is 9.55 Å². The third-order valence-electron chi connectivity index (χ3n) is 5.19. The first-order chi connectivity index (χ1) is 13.2. The number of thioether (sulfide) groups is 1. The zero-order valence-electron chi connectivity index (χ0n) is 16.0. The van der Waals surface area contributed by atoms with Crippen LogP contribution < -0.4 is 20.1 Å². The van der Waals surface area contributed by atoms with Gasteiger partial charge in [-0.15, -0.1) is 0 Å². The molecule has 0 N–H and O–H groups in total. The molecule has 7 heteroatoms. The first kappa shape index (κ1) is 18.2. The number of piperazine rings is 1. The van der Waals surface area contributed by atoms with E-state index in [1.165, 1.54) is 0 Å². The molecule has 0 radical (unpaired) electrons. The molecule has 2 aromatic rings. The van der Waals surface area contributed by atoms with Gasteiger partial charge in [0.15, 0.2) is 5.16 Å². The molecule has 2 aliphatic rings. The van der Waals surface area contributed by atoms with Crippen LogP contribution in [0.15, 0.2) is 34.2 Å². The smallest absolute Gasteiger partial charge is 0.259 e. The molecule has 1 saturated heterocycles. The summed E-state index contributed by atoms with van der Waals surface area (Å²) in [5, 5.41) is 0.872. The van der Waals surface area contributed by atoms with Gasteiger partial charge in [-0.3, -0.25) is 9.36 Å². The van der Waals surface area contributed by atoms with E-state index in [2.05, 4.69) is 21.9 Å². The van der Waals surface area contributed by atoms with Crippen LogP contribution in [0.4, 0.5) is 11.5 Å². The topological polar surface area (TPSA) is 50.6 Å². The molecule has 0 bridgehead atoms. The molecule has 0 unspecified atom stereocenters. The fourth-order valence-electron chi connectivity index (χ4n) is 3.83. The molecule has 2 aliphatic heterocycles. The largest absolute Gasteiger partial charge is 0.492 e. The average molecular weight is 387 g/mol. The zero-order valence-corrected chi connectivity index (χ0v) is 16.8. The minimum atomic E-state index is 0.145. The van der Waals surface area contributed by atoms with Crippen molar-refractivity contribution in [3.63, 3.8) is 0 Å². The summed E-state index contributed by atoms with van der Waals surface area (Å²) in [5.41, 5.74) is 2.14. The van der Waals surface area contributed by atoms with Crippen molar-refractivity contribution in [1.29, 1.82) is 0 Å². The molecule has 0 aliphatic carbocycles. The van der Waals surface area contributed by atoms with Crippen LogP contribution in [-0.4, -0.2) is 48.1 Å². The first-order valence-corrected chi connectivity index (χ1v) is 10.7. The van der Waals surface area contributed by atoms with Crippen LogP contribution in [0.5, 0.6) is 5.75 Å². The highest BCUT2D eigenvalue weighted by Gasteiger charge is 2.26. The summed E-state index contributed by atoms with van der Waals surface area (Å²) in [6, 6.07) is 8.22. The minimum Gasteiger partial charge on any atom is -0.492 e. The quantitative estimate of drug-likeness (QED) is 0.737. The van der Waals surface area contributed by atoms with Crippen LogP contribution in [0.25, 0.3) is 0 Å². The van der Waals surface area contributed by atoms with Gasteiger partial charge in [-0.25, -0.2) is 4.98 Å². The number of hydrogen-bond donors (Lipinski definition) is 0. The van der Waals surface area contributed by atoms with Crippen molar-refractivity contribution in [2.24, 2.45) is 0 Å². The Morgan fingerprint density at radius 2 is 1.81 bits per heavy atom. The van der Waals surface area contributed by atoms with Crippen molar-refractivity contribution < 1.29 is 4.74 Å². The summed E-state index contributed by atoms with van der Waals surface area (Å²) in [6.07, 6.45) is 0.722. The van der Waals surface area contributed by atoms with Gasteiger partial charge < -0.3 is 14.5 Å². The number of aromatic nitrogens is 2. The Morgan fingerprint density at radius 3 is 2.56 bits per heavy atom. The molecule has 1 aromatic carbocycles. The van der Waals surface area contributed by atoms with E-state index >= 15 is 0 Å². The summed E-state index contributed by atoms with van der Waals surface area (Å²) < 4.78 is 7.62. The summed E-state index contributed by atoms with van der Waals surface area (Å²) in [5.74, 6) is 2.77. The highest BCUT2D eigenvalue weighted by Crippen LogP contribution is 2.31. The molecule has 0 saturated carbocycles. The molecular weight excluding hydrogens is 360 g/mol. The van der Waals surface area contributed by atoms with Crippen molar-refractivity contribution >= 4 is 23.3 Å². The average Bonchev–Trinajstić information content (AvgIpc) is 3.18. The number of ether oxygens (including phenoxy) is 1. The van der Waals surface area contributed by atoms with Crippen LogP contribution in [0.3, 0.4) is 0 Å². The Hall–Kier alpha value is -2.15. The van der Waals surface area contributed by atoms with Crippen LogP contribution in [0.1, 0.15) is 19.4 Å². The van der Waals surface area contributed by atoms with Gasteiger partial charge in [0.05, 0.1) is 17.9 Å². The van der Waals surface area contributed by atoms with Crippen molar-refractivity contribution in [3.8, 4) is 5.75 Å². The summed E-state index contributed by atoms with van der Waals surface area (Å²) >= 11 is 1.68. The third kappa shape index (κ3) is 3.40. The summed E-state index contributed by atoms with van der Waals surface area (Å²) in [7, 11) is 0. The first-order valence-electron chi connectivity index (χ1n) is 9.71. The lowest BCUT2D eigenvalue weighted by molar-refractivity contribution is 0.340. The van der Waals surface area contributed by atoms with Gasteiger partial charge in [0.2, 0.25) is 0 Å². The van der Waals surface area contributed by atoms with Gasteiger partial charge >= 0.3 is 0 Å². The molecule has 1 fully saturated rings. The Labute approximate surface area is 164 Å². The fourth-order valence-corrected chi connectivity index (χ4v) is 4.76. The SMILES string of the molecule is CCOc1ccccc1N1CCN(c2nc3n(c(=O)c2CC)CCS3)CC1. The third-order valence-corrected chi connectivity index (χ3v) is 6.15. The van der Waals surface area contributed by atoms with Crippen LogP contribution in [-0.2, 0) is 13.0 Å². The van der Waals surface area contributed by atoms with Gasteiger partial charge in [0.1, 0.15) is 11.6 Å². The van der Waals surface area contributed by atoms with E-state index in [9.17, 15) is 4.79 Å². The van der Waals surface area contributed by atoms with E-state index in [1.807, 2.05) is 30.5 Å². The van der Waals surface area contributed by atoms with E-state index in [0.29, 0.717) is 6.61 Å². The molecule has 144 valence electrons. The van der Waals surface area contributed by atoms with E-state index in [4.69, 9.17) is 9.72 Å². The van der Waals surface area contributed by atoms with E-state index in [0.717, 1.165) is 72.9 Å². The maximum absolute atomic E-state index is 12.8. The maximum Gasteiger partial charge on any atom is 0.259 e. The van der Waals surface area contributed by atoms with E-state index < -0.39 is 0 Å². The Morgan fingerprint density at radius 1 is 1.07 bits per heavy atom. The molecule has 27 heavy (non-hydrogen) atoms. The van der Waals surface area contributed by atoms with Gasteiger partial charge in [0, 0.05) is 38.5 Å². The van der Waals surface area contributed by atoms with Crippen molar-refractivity contribution in [3.05, 3.63) is 40.2 Å². The highest BCUT2D eigenvalue weighted by atomic mass is 32.2. The summed E-state index contributed by atoms with van der Waals surface area (Å²) in [4.78, 5) is 22.3. The molecule has 4 rings (SSSR count). The predicted octanol–water partition coefficient (Wildman–Crippen LogP) is 2.64. The van der Waals surface area contributed by atoms with Crippen LogP contribution >= 0.6 is 11.8 Å². The minimum absolute atomic E-state index is 0.145.